The molecule has 1 saturated heterocycles. The highest BCUT2D eigenvalue weighted by Crippen LogP contribution is 2.26. The van der Waals surface area contributed by atoms with Crippen LogP contribution < -0.4 is 10.1 Å². The standard InChI is InChI=1S/C23H24ClFN4O2/c24-17-2-1-3-21(12-17)31-11-9-20-13-22(28-27-20)16-8-10-29(14-16)15-23(30)26-19-6-4-18(25)5-7-19/h1-7,12-13,16H,8-11,14-15H2,(H,26,30)(H,27,28)/t16-/m1/s1. The lowest BCUT2D eigenvalue weighted by molar-refractivity contribution is -0.117. The van der Waals surface area contributed by atoms with Gasteiger partial charge in [-0.1, -0.05) is 17.7 Å². The van der Waals surface area contributed by atoms with E-state index in [9.17, 15) is 9.18 Å². The highest BCUT2D eigenvalue weighted by Gasteiger charge is 2.27. The van der Waals surface area contributed by atoms with Crippen LogP contribution in [-0.4, -0.2) is 47.2 Å². The van der Waals surface area contributed by atoms with Gasteiger partial charge < -0.3 is 10.1 Å². The van der Waals surface area contributed by atoms with Crippen LogP contribution in [0.25, 0.3) is 0 Å². The van der Waals surface area contributed by atoms with Crippen LogP contribution in [0.1, 0.15) is 23.7 Å². The number of benzene rings is 2. The van der Waals surface area contributed by atoms with E-state index < -0.39 is 0 Å². The summed E-state index contributed by atoms with van der Waals surface area (Å²) in [5.41, 5.74) is 2.63. The Balaban J connectivity index is 1.22. The molecular weight excluding hydrogens is 419 g/mol. The van der Waals surface area contributed by atoms with Crippen molar-refractivity contribution in [3.8, 4) is 5.75 Å². The maximum absolute atomic E-state index is 13.0. The molecule has 2 aromatic carbocycles. The van der Waals surface area contributed by atoms with Crippen LogP contribution in [-0.2, 0) is 11.2 Å². The molecule has 0 unspecified atom stereocenters. The predicted octanol–water partition coefficient (Wildman–Crippen LogP) is 4.25. The van der Waals surface area contributed by atoms with E-state index in [0.29, 0.717) is 23.9 Å². The number of amides is 1. The molecule has 1 aliphatic heterocycles. The van der Waals surface area contributed by atoms with Gasteiger partial charge >= 0.3 is 0 Å². The van der Waals surface area contributed by atoms with Gasteiger partial charge in [-0.15, -0.1) is 0 Å². The summed E-state index contributed by atoms with van der Waals surface area (Å²) in [5, 5.41) is 11.0. The molecular formula is C23H24ClFN4O2. The number of aromatic amines is 1. The lowest BCUT2D eigenvalue weighted by atomic mass is 10.0. The Morgan fingerprint density at radius 1 is 1.26 bits per heavy atom. The molecule has 4 rings (SSSR count). The van der Waals surface area contributed by atoms with Gasteiger partial charge in [0.1, 0.15) is 11.6 Å². The van der Waals surface area contributed by atoms with Crippen LogP contribution in [0.2, 0.25) is 5.02 Å². The fraction of sp³-hybridized carbons (Fsp3) is 0.304. The van der Waals surface area contributed by atoms with Gasteiger partial charge in [-0.2, -0.15) is 5.10 Å². The average molecular weight is 443 g/mol. The average Bonchev–Trinajstić information content (AvgIpc) is 3.39. The number of hydrogen-bond acceptors (Lipinski definition) is 4. The molecule has 8 heteroatoms. The molecule has 1 fully saturated rings. The van der Waals surface area contributed by atoms with Gasteiger partial charge in [-0.3, -0.25) is 14.8 Å². The fourth-order valence-corrected chi connectivity index (χ4v) is 3.89. The van der Waals surface area contributed by atoms with Crippen molar-refractivity contribution in [2.24, 2.45) is 0 Å². The minimum absolute atomic E-state index is 0.104. The quantitative estimate of drug-likeness (QED) is 0.547. The minimum atomic E-state index is -0.324. The van der Waals surface area contributed by atoms with Gasteiger partial charge in [0.05, 0.1) is 18.8 Å². The molecule has 1 amide bonds. The number of halogens is 2. The molecule has 3 aromatic rings. The van der Waals surface area contributed by atoms with Crippen molar-refractivity contribution in [1.29, 1.82) is 0 Å². The third-order valence-corrected chi connectivity index (χ3v) is 5.51. The molecule has 0 saturated carbocycles. The molecule has 1 atom stereocenters. The second kappa shape index (κ2) is 9.94. The summed E-state index contributed by atoms with van der Waals surface area (Å²) < 4.78 is 18.7. The van der Waals surface area contributed by atoms with Crippen LogP contribution in [0.5, 0.6) is 5.75 Å². The molecule has 0 bridgehead atoms. The Morgan fingerprint density at radius 3 is 2.90 bits per heavy atom. The summed E-state index contributed by atoms with van der Waals surface area (Å²) in [4.78, 5) is 14.4. The van der Waals surface area contributed by atoms with E-state index in [1.54, 1.807) is 18.2 Å². The zero-order valence-electron chi connectivity index (χ0n) is 17.0. The highest BCUT2D eigenvalue weighted by atomic mass is 35.5. The Kier molecular flexibility index (Phi) is 6.84. The van der Waals surface area contributed by atoms with Crippen molar-refractivity contribution in [2.75, 3.05) is 31.6 Å². The first-order valence-electron chi connectivity index (χ1n) is 10.3. The Morgan fingerprint density at radius 2 is 2.10 bits per heavy atom. The molecule has 162 valence electrons. The van der Waals surface area contributed by atoms with Crippen molar-refractivity contribution < 1.29 is 13.9 Å². The van der Waals surface area contributed by atoms with Gasteiger partial charge in [0, 0.05) is 35.3 Å². The SMILES string of the molecule is O=C(CN1CC[C@@H](c2cc(CCOc3cccc(Cl)c3)[nH]n2)C1)Nc1ccc(F)cc1. The number of rotatable bonds is 8. The predicted molar refractivity (Wildman–Crippen MR) is 118 cm³/mol. The summed E-state index contributed by atoms with van der Waals surface area (Å²) >= 11 is 5.97. The number of ether oxygens (including phenoxy) is 1. The Labute approximate surface area is 185 Å². The lowest BCUT2D eigenvalue weighted by Gasteiger charge is -2.15. The largest absolute Gasteiger partial charge is 0.493 e. The van der Waals surface area contributed by atoms with Crippen molar-refractivity contribution in [2.45, 2.75) is 18.8 Å². The zero-order valence-corrected chi connectivity index (χ0v) is 17.7. The number of carbonyl (C=O) groups excluding carboxylic acids is 1. The van der Waals surface area contributed by atoms with E-state index in [4.69, 9.17) is 16.3 Å². The molecule has 31 heavy (non-hydrogen) atoms. The maximum Gasteiger partial charge on any atom is 0.238 e. The summed E-state index contributed by atoms with van der Waals surface area (Å²) in [5.74, 6) is 0.609. The van der Waals surface area contributed by atoms with E-state index in [2.05, 4.69) is 26.5 Å². The molecule has 2 N–H and O–H groups in total. The Bertz CT molecular complexity index is 1020. The van der Waals surface area contributed by atoms with E-state index >= 15 is 0 Å². The smallest absolute Gasteiger partial charge is 0.238 e. The molecule has 1 aliphatic rings. The van der Waals surface area contributed by atoms with E-state index in [1.807, 2.05) is 18.2 Å². The summed E-state index contributed by atoms with van der Waals surface area (Å²) in [6.07, 6.45) is 1.67. The van der Waals surface area contributed by atoms with Gasteiger partial charge in [-0.25, -0.2) is 4.39 Å². The van der Waals surface area contributed by atoms with E-state index in [-0.39, 0.29) is 17.6 Å². The number of anilines is 1. The first kappa shape index (κ1) is 21.3. The molecule has 2 heterocycles. The van der Waals surface area contributed by atoms with Gasteiger partial charge in [0.25, 0.3) is 0 Å². The first-order chi connectivity index (χ1) is 15.0. The molecule has 0 radical (unpaired) electrons. The van der Waals surface area contributed by atoms with Crippen molar-refractivity contribution in [1.82, 2.24) is 15.1 Å². The molecule has 0 aliphatic carbocycles. The van der Waals surface area contributed by atoms with Crippen LogP contribution in [0.15, 0.2) is 54.6 Å². The third kappa shape index (κ3) is 6.06. The molecule has 6 nitrogen and oxygen atoms in total. The fourth-order valence-electron chi connectivity index (χ4n) is 3.71. The number of carbonyl (C=O) groups is 1. The summed E-state index contributed by atoms with van der Waals surface area (Å²) in [6, 6.07) is 15.2. The van der Waals surface area contributed by atoms with Crippen molar-refractivity contribution >= 4 is 23.2 Å². The number of nitrogens with one attached hydrogen (secondary N) is 2. The second-order valence-electron chi connectivity index (χ2n) is 7.65. The minimum Gasteiger partial charge on any atom is -0.493 e. The lowest BCUT2D eigenvalue weighted by Crippen LogP contribution is -2.31. The molecule has 0 spiro atoms. The summed E-state index contributed by atoms with van der Waals surface area (Å²) in [6.45, 7) is 2.45. The monoisotopic (exact) mass is 442 g/mol. The topological polar surface area (TPSA) is 70.2 Å². The third-order valence-electron chi connectivity index (χ3n) is 5.27. The number of hydrogen-bond donors (Lipinski definition) is 2. The zero-order chi connectivity index (χ0) is 21.6. The van der Waals surface area contributed by atoms with Crippen molar-refractivity contribution in [3.05, 3.63) is 76.8 Å². The molecule has 1 aromatic heterocycles. The van der Waals surface area contributed by atoms with Crippen LogP contribution in [0.4, 0.5) is 10.1 Å². The van der Waals surface area contributed by atoms with E-state index in [1.165, 1.54) is 12.1 Å². The van der Waals surface area contributed by atoms with Gasteiger partial charge in [0.2, 0.25) is 5.91 Å². The van der Waals surface area contributed by atoms with Crippen LogP contribution >= 0.6 is 11.6 Å². The van der Waals surface area contributed by atoms with E-state index in [0.717, 1.165) is 43.1 Å². The van der Waals surface area contributed by atoms with Crippen molar-refractivity contribution in [3.63, 3.8) is 0 Å². The number of aromatic nitrogens is 2. The van der Waals surface area contributed by atoms with Crippen LogP contribution in [0.3, 0.4) is 0 Å². The van der Waals surface area contributed by atoms with Gasteiger partial charge in [0.15, 0.2) is 0 Å². The highest BCUT2D eigenvalue weighted by molar-refractivity contribution is 6.30. The number of likely N-dealkylation sites (tertiary alicyclic amines) is 1. The second-order valence-corrected chi connectivity index (χ2v) is 8.09. The van der Waals surface area contributed by atoms with Crippen LogP contribution in [0, 0.1) is 5.82 Å². The number of H-pyrrole nitrogens is 1. The Hall–Kier alpha value is -2.90. The normalized spacial score (nSPS) is 16.4. The maximum atomic E-state index is 13.0. The number of nitrogens with zero attached hydrogens (tertiary/aromatic N) is 2. The summed E-state index contributed by atoms with van der Waals surface area (Å²) in [7, 11) is 0. The first-order valence-corrected chi connectivity index (χ1v) is 10.6. The van der Waals surface area contributed by atoms with Gasteiger partial charge in [-0.05, 0) is 61.5 Å².